The Morgan fingerprint density at radius 3 is 1.61 bits per heavy atom. The summed E-state index contributed by atoms with van der Waals surface area (Å²) in [6.07, 6.45) is 0. The number of hydrogen-bond acceptors (Lipinski definition) is 1. The van der Waals surface area contributed by atoms with Crippen molar-refractivity contribution in [3.8, 4) is 44.5 Å². The summed E-state index contributed by atoms with van der Waals surface area (Å²) in [5.74, 6) is 0. The normalized spacial score (nSPS) is 14.5. The van der Waals surface area contributed by atoms with Crippen LogP contribution >= 0.6 is 0 Å². The maximum absolute atomic E-state index is 2.59. The molecule has 59 heavy (non-hydrogen) atoms. The van der Waals surface area contributed by atoms with Crippen molar-refractivity contribution in [2.24, 2.45) is 0 Å². The van der Waals surface area contributed by atoms with Crippen LogP contribution in [0.15, 0.2) is 212 Å². The number of fused-ring (bicyclic) bond motifs is 4. The molecule has 9 aromatic rings. The second-order valence-electron chi connectivity index (χ2n) is 17.0. The van der Waals surface area contributed by atoms with Crippen LogP contribution in [0.3, 0.4) is 0 Å². The molecule has 0 bridgehead atoms. The second kappa shape index (κ2) is 14.5. The second-order valence-corrected chi connectivity index (χ2v) is 17.0. The van der Waals surface area contributed by atoms with Crippen LogP contribution in [0.4, 0.5) is 17.1 Å². The van der Waals surface area contributed by atoms with Gasteiger partial charge < -0.3 is 4.90 Å². The topological polar surface area (TPSA) is 3.24 Å². The van der Waals surface area contributed by atoms with E-state index < -0.39 is 0 Å². The van der Waals surface area contributed by atoms with Gasteiger partial charge in [0.05, 0.1) is 17.1 Å². The summed E-state index contributed by atoms with van der Waals surface area (Å²) in [4.78, 5) is 2.59. The van der Waals surface area contributed by atoms with E-state index in [0.29, 0.717) is 0 Å². The number of rotatable bonds is 7. The van der Waals surface area contributed by atoms with Crippen LogP contribution in [0.5, 0.6) is 0 Å². The molecule has 0 heterocycles. The van der Waals surface area contributed by atoms with Crippen LogP contribution < -0.4 is 4.90 Å². The van der Waals surface area contributed by atoms with Gasteiger partial charge in [0, 0.05) is 22.1 Å². The zero-order valence-electron chi connectivity index (χ0n) is 34.2. The lowest BCUT2D eigenvalue weighted by Crippen LogP contribution is -2.22. The van der Waals surface area contributed by atoms with Gasteiger partial charge >= 0.3 is 0 Å². The summed E-state index contributed by atoms with van der Waals surface area (Å²) < 4.78 is 0. The van der Waals surface area contributed by atoms with Crippen LogP contribution in [-0.4, -0.2) is 0 Å². The largest absolute Gasteiger partial charge is 0.309 e. The van der Waals surface area contributed by atoms with Gasteiger partial charge in [0.1, 0.15) is 0 Å². The van der Waals surface area contributed by atoms with E-state index in [1.54, 1.807) is 0 Å². The molecule has 9 aromatic carbocycles. The summed E-state index contributed by atoms with van der Waals surface area (Å²) >= 11 is 0. The number of benzene rings is 9. The van der Waals surface area contributed by atoms with E-state index in [0.717, 1.165) is 17.1 Å². The third-order valence-corrected chi connectivity index (χ3v) is 12.5. The molecule has 0 radical (unpaired) electrons. The average Bonchev–Trinajstić information content (AvgIpc) is 3.56. The summed E-state index contributed by atoms with van der Waals surface area (Å²) in [7, 11) is 0. The van der Waals surface area contributed by atoms with Gasteiger partial charge in [0.2, 0.25) is 0 Å². The lowest BCUT2D eigenvalue weighted by Gasteiger charge is -2.34. The van der Waals surface area contributed by atoms with E-state index in [2.05, 4.69) is 245 Å². The highest BCUT2D eigenvalue weighted by Crippen LogP contribution is 2.58. The van der Waals surface area contributed by atoms with Crippen LogP contribution in [0.25, 0.3) is 55.3 Å². The molecule has 10 rings (SSSR count). The molecular formula is C58H47N. The van der Waals surface area contributed by atoms with Crippen molar-refractivity contribution < 1.29 is 0 Å². The van der Waals surface area contributed by atoms with Crippen LogP contribution in [0.2, 0.25) is 0 Å². The third kappa shape index (κ3) is 6.08. The lowest BCUT2D eigenvalue weighted by atomic mass is 9.74. The minimum atomic E-state index is -0.343. The fourth-order valence-electron chi connectivity index (χ4n) is 9.55. The highest BCUT2D eigenvalue weighted by molar-refractivity contribution is 6.10. The number of nitrogens with zero attached hydrogens (tertiary/aromatic N) is 1. The van der Waals surface area contributed by atoms with Gasteiger partial charge in [-0.25, -0.2) is 0 Å². The molecule has 1 aliphatic rings. The van der Waals surface area contributed by atoms with Crippen LogP contribution in [-0.2, 0) is 10.8 Å². The first-order valence-corrected chi connectivity index (χ1v) is 20.8. The fraction of sp³-hybridized carbons (Fsp3) is 0.103. The average molecular weight is 758 g/mol. The third-order valence-electron chi connectivity index (χ3n) is 12.5. The molecule has 1 aliphatic carbocycles. The molecular weight excluding hydrogens is 711 g/mol. The van der Waals surface area contributed by atoms with Gasteiger partial charge in [-0.1, -0.05) is 215 Å². The predicted molar refractivity (Wildman–Crippen MR) is 251 cm³/mol. The van der Waals surface area contributed by atoms with Crippen molar-refractivity contribution in [2.75, 3.05) is 4.90 Å². The Morgan fingerprint density at radius 1 is 0.390 bits per heavy atom. The number of anilines is 3. The molecule has 1 unspecified atom stereocenters. The zero-order valence-corrected chi connectivity index (χ0v) is 34.2. The van der Waals surface area contributed by atoms with E-state index in [9.17, 15) is 0 Å². The van der Waals surface area contributed by atoms with E-state index in [1.165, 1.54) is 77.5 Å². The molecule has 0 N–H and O–H groups in total. The first-order valence-electron chi connectivity index (χ1n) is 20.8. The van der Waals surface area contributed by atoms with Gasteiger partial charge in [-0.05, 0) is 91.4 Å². The summed E-state index contributed by atoms with van der Waals surface area (Å²) in [5.41, 5.74) is 18.0. The van der Waals surface area contributed by atoms with E-state index in [4.69, 9.17) is 0 Å². The van der Waals surface area contributed by atoms with Gasteiger partial charge in [-0.3, -0.25) is 0 Å². The summed E-state index contributed by atoms with van der Waals surface area (Å²) in [5, 5.41) is 2.47. The number of para-hydroxylation sites is 1. The molecule has 0 spiro atoms. The minimum Gasteiger partial charge on any atom is -0.309 e. The predicted octanol–water partition coefficient (Wildman–Crippen LogP) is 15.9. The van der Waals surface area contributed by atoms with Crippen molar-refractivity contribution in [1.82, 2.24) is 0 Å². The Labute approximate surface area is 348 Å². The quantitative estimate of drug-likeness (QED) is 0.156. The van der Waals surface area contributed by atoms with Crippen molar-refractivity contribution in [2.45, 2.75) is 38.5 Å². The SMILES string of the molecule is CC(C)(C)c1ccc(-c2ccccc2)c(N(c2ccccc2-c2cccc3cccc(-c4ccccc4)c23)c2cccc3c2-c2ccccc2C3(C)c2ccccc2)c1. The van der Waals surface area contributed by atoms with Crippen molar-refractivity contribution in [3.05, 3.63) is 235 Å². The first kappa shape index (κ1) is 36.4. The zero-order chi connectivity index (χ0) is 40.1. The summed E-state index contributed by atoms with van der Waals surface area (Å²) in [6, 6.07) is 78.4. The van der Waals surface area contributed by atoms with E-state index >= 15 is 0 Å². The molecule has 0 saturated carbocycles. The molecule has 0 aliphatic heterocycles. The van der Waals surface area contributed by atoms with E-state index in [1.807, 2.05) is 0 Å². The van der Waals surface area contributed by atoms with Crippen LogP contribution in [0.1, 0.15) is 49.9 Å². The molecule has 1 heteroatoms. The molecule has 284 valence electrons. The number of hydrogen-bond donors (Lipinski definition) is 0. The molecule has 0 amide bonds. The molecule has 1 atom stereocenters. The maximum Gasteiger partial charge on any atom is 0.0543 e. The first-order chi connectivity index (χ1) is 28.8. The fourth-order valence-corrected chi connectivity index (χ4v) is 9.55. The van der Waals surface area contributed by atoms with Gasteiger partial charge in [-0.2, -0.15) is 0 Å². The monoisotopic (exact) mass is 757 g/mol. The van der Waals surface area contributed by atoms with Crippen LogP contribution in [0, 0.1) is 0 Å². The van der Waals surface area contributed by atoms with Gasteiger partial charge in [-0.15, -0.1) is 0 Å². The molecule has 1 nitrogen and oxygen atoms in total. The Bertz CT molecular complexity index is 2970. The Kier molecular flexibility index (Phi) is 8.91. The Balaban J connectivity index is 1.33. The highest BCUT2D eigenvalue weighted by Gasteiger charge is 2.42. The highest BCUT2D eigenvalue weighted by atomic mass is 15.2. The van der Waals surface area contributed by atoms with Crippen molar-refractivity contribution in [1.29, 1.82) is 0 Å². The minimum absolute atomic E-state index is 0.0769. The molecule has 0 fully saturated rings. The Hall–Kier alpha value is -6.96. The molecule has 0 saturated heterocycles. The van der Waals surface area contributed by atoms with Gasteiger partial charge in [0.15, 0.2) is 0 Å². The Morgan fingerprint density at radius 2 is 0.915 bits per heavy atom. The smallest absolute Gasteiger partial charge is 0.0543 e. The van der Waals surface area contributed by atoms with Gasteiger partial charge in [0.25, 0.3) is 0 Å². The maximum atomic E-state index is 2.59. The van der Waals surface area contributed by atoms with Crippen molar-refractivity contribution in [3.63, 3.8) is 0 Å². The summed E-state index contributed by atoms with van der Waals surface area (Å²) in [6.45, 7) is 9.35. The van der Waals surface area contributed by atoms with E-state index in [-0.39, 0.29) is 10.8 Å². The molecule has 0 aromatic heterocycles. The standard InChI is InChI=1S/C58H47N/c1-57(2,3)44-37-38-45(40-21-8-5-9-22-40)54(39-44)59(53-36-20-34-51-56(53)49-30-14-16-33-50(49)58(51,4)43-27-12-7-13-28-43)52-35-17-15-29-47(52)48-32-19-26-42-25-18-31-46(55(42)48)41-23-10-6-11-24-41/h5-39H,1-4H3. The lowest BCUT2D eigenvalue weighted by molar-refractivity contribution is 0.590. The van der Waals surface area contributed by atoms with Crippen molar-refractivity contribution >= 4 is 27.8 Å².